The number of nitrogens with one attached hydrogen (secondary N) is 1. The largest absolute Gasteiger partial charge is 0.512 e. The molecule has 0 fully saturated rings. The van der Waals surface area contributed by atoms with Crippen LogP contribution in [0, 0.1) is 5.82 Å². The monoisotopic (exact) mass is 577 g/mol. The van der Waals surface area contributed by atoms with E-state index in [1.165, 1.54) is 25.1 Å². The van der Waals surface area contributed by atoms with Crippen LogP contribution >= 0.6 is 15.9 Å². The smallest absolute Gasteiger partial charge is 0.407 e. The molecule has 7 nitrogen and oxygen atoms in total. The second-order valence-corrected chi connectivity index (χ2v) is 10.1. The van der Waals surface area contributed by atoms with Gasteiger partial charge in [-0.2, -0.15) is 0 Å². The van der Waals surface area contributed by atoms with E-state index >= 15 is 4.39 Å². The molecule has 2 aromatic carbocycles. The van der Waals surface area contributed by atoms with Crippen LogP contribution in [-0.4, -0.2) is 29.4 Å². The van der Waals surface area contributed by atoms with Crippen LogP contribution in [0.2, 0.25) is 0 Å². The van der Waals surface area contributed by atoms with Crippen LogP contribution in [0.4, 0.5) is 9.18 Å². The molecule has 0 heterocycles. The van der Waals surface area contributed by atoms with E-state index in [2.05, 4.69) is 21.2 Å². The summed E-state index contributed by atoms with van der Waals surface area (Å²) in [6.45, 7) is 10.2. The molecule has 0 radical (unpaired) electrons. The van der Waals surface area contributed by atoms with E-state index in [-0.39, 0.29) is 48.0 Å². The molecule has 0 aromatic heterocycles. The number of carbonyl (C=O) groups excluding carboxylic acids is 2. The summed E-state index contributed by atoms with van der Waals surface area (Å²) >= 11 is 3.40. The van der Waals surface area contributed by atoms with Crippen molar-refractivity contribution in [2.24, 2.45) is 0 Å². The number of ether oxygens (including phenoxy) is 3. The first-order chi connectivity index (χ1) is 17.3. The molecule has 2 rings (SSSR count). The second-order valence-electron chi connectivity index (χ2n) is 9.22. The minimum atomic E-state index is -0.679. The van der Waals surface area contributed by atoms with Gasteiger partial charge in [0.2, 0.25) is 0 Å². The maximum atomic E-state index is 15.4. The number of rotatable bonds is 9. The Balaban J connectivity index is 2.31. The van der Waals surface area contributed by atoms with Crippen LogP contribution in [0.5, 0.6) is 5.75 Å². The number of hydrogen-bond donors (Lipinski definition) is 2. The summed E-state index contributed by atoms with van der Waals surface area (Å²) in [5, 5.41) is 12.9. The lowest BCUT2D eigenvalue weighted by Gasteiger charge is -2.20. The van der Waals surface area contributed by atoms with Gasteiger partial charge in [-0.05, 0) is 59.8 Å². The fraction of sp³-hybridized carbons (Fsp3) is 0.357. The van der Waals surface area contributed by atoms with Crippen molar-refractivity contribution in [2.45, 2.75) is 60.1 Å². The van der Waals surface area contributed by atoms with Gasteiger partial charge in [-0.15, -0.1) is 0 Å². The predicted octanol–water partition coefficient (Wildman–Crippen LogP) is 6.99. The van der Waals surface area contributed by atoms with E-state index in [1.54, 1.807) is 58.9 Å². The number of amides is 1. The first kappa shape index (κ1) is 29.9. The Kier molecular flexibility index (Phi) is 10.7. The Bertz CT molecular complexity index is 1200. The molecule has 1 amide bonds. The number of benzene rings is 2. The number of aliphatic hydroxyl groups is 1. The second kappa shape index (κ2) is 13.3. The number of hydrogen-bond acceptors (Lipinski definition) is 6. The topological polar surface area (TPSA) is 94.1 Å². The highest BCUT2D eigenvalue weighted by Crippen LogP contribution is 2.29. The molecule has 2 aromatic rings. The van der Waals surface area contributed by atoms with Gasteiger partial charge in [0.15, 0.2) is 0 Å². The number of esters is 1. The molecule has 0 saturated heterocycles. The first-order valence-electron chi connectivity index (χ1n) is 11.7. The van der Waals surface area contributed by atoms with Crippen molar-refractivity contribution in [3.63, 3.8) is 0 Å². The Morgan fingerprint density at radius 3 is 2.46 bits per heavy atom. The summed E-state index contributed by atoms with van der Waals surface area (Å²) in [7, 11) is 0. The third-order valence-corrected chi connectivity index (χ3v) is 5.36. The van der Waals surface area contributed by atoms with Crippen molar-refractivity contribution in [2.75, 3.05) is 6.61 Å². The van der Waals surface area contributed by atoms with Crippen molar-refractivity contribution >= 4 is 33.6 Å². The molecule has 0 spiro atoms. The summed E-state index contributed by atoms with van der Waals surface area (Å²) in [5.41, 5.74) is 0.490. The summed E-state index contributed by atoms with van der Waals surface area (Å²) in [4.78, 5) is 24.0. The van der Waals surface area contributed by atoms with Crippen LogP contribution < -0.4 is 10.1 Å². The lowest BCUT2D eigenvalue weighted by Crippen LogP contribution is -2.32. The molecule has 0 aliphatic carbocycles. The lowest BCUT2D eigenvalue weighted by molar-refractivity contribution is -0.142. The highest BCUT2D eigenvalue weighted by molar-refractivity contribution is 9.10. The molecule has 200 valence electrons. The van der Waals surface area contributed by atoms with Crippen molar-refractivity contribution < 1.29 is 33.3 Å². The molecule has 0 bridgehead atoms. The summed E-state index contributed by atoms with van der Waals surface area (Å²) in [6.07, 6.45) is 0.865. The number of aliphatic hydroxyl groups excluding tert-OH is 1. The first-order valence-corrected chi connectivity index (χ1v) is 12.5. The maximum Gasteiger partial charge on any atom is 0.407 e. The SMILES string of the molecule is CCOC(=O)Cc1ccc(Br)cc1O/C(C)=C/C(=C(\C)O)c1cccc(CNC(=O)OC(C)(C)C)c1F. The Labute approximate surface area is 225 Å². The Morgan fingerprint density at radius 1 is 1.14 bits per heavy atom. The zero-order valence-corrected chi connectivity index (χ0v) is 23.5. The highest BCUT2D eigenvalue weighted by atomic mass is 79.9. The molecule has 0 aliphatic heterocycles. The molecule has 0 aliphatic rings. The third kappa shape index (κ3) is 9.57. The van der Waals surface area contributed by atoms with E-state index in [9.17, 15) is 14.7 Å². The molecule has 0 saturated carbocycles. The average Bonchev–Trinajstić information content (AvgIpc) is 2.78. The Hall–Kier alpha value is -3.33. The third-order valence-electron chi connectivity index (χ3n) is 4.87. The zero-order chi connectivity index (χ0) is 27.8. The molecule has 0 atom stereocenters. The standard InChI is InChI=1S/C28H33BrFNO6/c1-7-35-25(33)14-19-11-12-21(29)15-24(19)36-17(2)13-23(18(3)32)22-10-8-9-20(26(22)30)16-31-27(34)37-28(4,5)6/h8-13,15,32H,7,14,16H2,1-6H3,(H,31,34)/b17-13+,23-18-. The normalized spacial score (nSPS) is 12.5. The van der Waals surface area contributed by atoms with Crippen LogP contribution in [0.3, 0.4) is 0 Å². The predicted molar refractivity (Wildman–Crippen MR) is 144 cm³/mol. The summed E-state index contributed by atoms with van der Waals surface area (Å²) in [6, 6.07) is 9.94. The fourth-order valence-corrected chi connectivity index (χ4v) is 3.67. The molecular weight excluding hydrogens is 545 g/mol. The number of halogens is 2. The number of alkyl carbamates (subject to hydrolysis) is 1. The van der Waals surface area contributed by atoms with Crippen LogP contribution in [0.1, 0.15) is 58.2 Å². The maximum absolute atomic E-state index is 15.4. The molecular formula is C28H33BrFNO6. The van der Waals surface area contributed by atoms with Crippen molar-refractivity contribution in [3.8, 4) is 5.75 Å². The van der Waals surface area contributed by atoms with E-state index in [0.29, 0.717) is 17.1 Å². The number of carbonyl (C=O) groups is 2. The van der Waals surface area contributed by atoms with Gasteiger partial charge < -0.3 is 24.6 Å². The van der Waals surface area contributed by atoms with Gasteiger partial charge in [0.1, 0.15) is 22.9 Å². The van der Waals surface area contributed by atoms with Gasteiger partial charge >= 0.3 is 12.1 Å². The Morgan fingerprint density at radius 2 is 1.84 bits per heavy atom. The van der Waals surface area contributed by atoms with Gasteiger partial charge in [-0.1, -0.05) is 40.2 Å². The van der Waals surface area contributed by atoms with E-state index in [0.717, 1.165) is 4.47 Å². The number of allylic oxidation sites excluding steroid dienone is 4. The van der Waals surface area contributed by atoms with Gasteiger partial charge in [0.25, 0.3) is 0 Å². The van der Waals surface area contributed by atoms with E-state index < -0.39 is 17.5 Å². The average molecular weight is 578 g/mol. The van der Waals surface area contributed by atoms with Crippen LogP contribution in [-0.2, 0) is 27.2 Å². The molecule has 2 N–H and O–H groups in total. The van der Waals surface area contributed by atoms with Crippen molar-refractivity contribution in [1.82, 2.24) is 5.32 Å². The van der Waals surface area contributed by atoms with Gasteiger partial charge in [0.05, 0.1) is 18.8 Å². The zero-order valence-electron chi connectivity index (χ0n) is 21.9. The molecule has 0 unspecified atom stereocenters. The van der Waals surface area contributed by atoms with E-state index in [4.69, 9.17) is 14.2 Å². The lowest BCUT2D eigenvalue weighted by atomic mass is 10.00. The van der Waals surface area contributed by atoms with Crippen molar-refractivity contribution in [3.05, 3.63) is 81.0 Å². The molecule has 9 heteroatoms. The van der Waals surface area contributed by atoms with E-state index in [1.807, 2.05) is 0 Å². The fourth-order valence-electron chi connectivity index (χ4n) is 3.33. The summed E-state index contributed by atoms with van der Waals surface area (Å²) in [5.74, 6) is -0.344. The quantitative estimate of drug-likeness (QED) is 0.189. The van der Waals surface area contributed by atoms with Crippen molar-refractivity contribution in [1.29, 1.82) is 0 Å². The minimum Gasteiger partial charge on any atom is -0.512 e. The van der Waals surface area contributed by atoms with Crippen LogP contribution in [0.15, 0.2) is 58.5 Å². The summed E-state index contributed by atoms with van der Waals surface area (Å²) < 4.78 is 32.4. The van der Waals surface area contributed by atoms with Gasteiger partial charge in [0, 0.05) is 33.3 Å². The van der Waals surface area contributed by atoms with Gasteiger partial charge in [-0.3, -0.25) is 4.79 Å². The molecule has 37 heavy (non-hydrogen) atoms. The highest BCUT2D eigenvalue weighted by Gasteiger charge is 2.18. The van der Waals surface area contributed by atoms with Crippen LogP contribution in [0.25, 0.3) is 5.57 Å². The minimum absolute atomic E-state index is 0.0206. The van der Waals surface area contributed by atoms with Gasteiger partial charge in [-0.25, -0.2) is 9.18 Å².